The molecule has 0 unspecified atom stereocenters. The van der Waals surface area contributed by atoms with E-state index < -0.39 is 30.5 Å². The Balaban J connectivity index is 2.42. The third-order valence-corrected chi connectivity index (χ3v) is 4.92. The molecule has 1 saturated heterocycles. The van der Waals surface area contributed by atoms with Gasteiger partial charge in [-0.05, 0) is 25.0 Å². The summed E-state index contributed by atoms with van der Waals surface area (Å²) >= 11 is 0. The van der Waals surface area contributed by atoms with E-state index in [0.717, 1.165) is 6.34 Å². The maximum atomic E-state index is 12.3. The van der Waals surface area contributed by atoms with Crippen LogP contribution >= 0.6 is 0 Å². The van der Waals surface area contributed by atoms with E-state index in [0.29, 0.717) is 18.5 Å². The summed E-state index contributed by atoms with van der Waals surface area (Å²) in [7, 11) is 0. The van der Waals surface area contributed by atoms with Crippen LogP contribution in [0.15, 0.2) is 17.1 Å². The van der Waals surface area contributed by atoms with Crippen molar-refractivity contribution in [1.29, 1.82) is 5.26 Å². The van der Waals surface area contributed by atoms with Crippen molar-refractivity contribution < 1.29 is 29.8 Å². The summed E-state index contributed by atoms with van der Waals surface area (Å²) in [6, 6.07) is 4.88. The van der Waals surface area contributed by atoms with Crippen molar-refractivity contribution in [3.63, 3.8) is 0 Å². The number of amides is 1. The molecule has 152 valence electrons. The lowest BCUT2D eigenvalue weighted by atomic mass is 9.93. The number of nitrogens with two attached hydrogens (primary N) is 1. The highest BCUT2D eigenvalue weighted by atomic mass is 16.6. The molecule has 1 aliphatic heterocycles. The van der Waals surface area contributed by atoms with Crippen molar-refractivity contribution in [2.75, 3.05) is 6.61 Å². The zero-order valence-corrected chi connectivity index (χ0v) is 15.8. The van der Waals surface area contributed by atoms with E-state index in [1.165, 1.54) is 6.07 Å². The Morgan fingerprint density at radius 3 is 2.68 bits per heavy atom. The molecule has 0 spiro atoms. The predicted molar refractivity (Wildman–Crippen MR) is 98.9 cm³/mol. The number of aliphatic hydroxyl groups is 3. The minimum Gasteiger partial charge on any atom is -0.394 e. The molecule has 0 bridgehead atoms. The van der Waals surface area contributed by atoms with Gasteiger partial charge in [0.1, 0.15) is 30.1 Å². The van der Waals surface area contributed by atoms with Gasteiger partial charge < -0.3 is 30.8 Å². The van der Waals surface area contributed by atoms with Crippen molar-refractivity contribution >= 4 is 18.1 Å². The number of aliphatic imine (C=N–C) groups is 1. The van der Waals surface area contributed by atoms with E-state index in [4.69, 9.17) is 10.5 Å². The van der Waals surface area contributed by atoms with Crippen molar-refractivity contribution in [1.82, 2.24) is 4.98 Å². The van der Waals surface area contributed by atoms with Crippen LogP contribution in [-0.2, 0) is 15.1 Å². The van der Waals surface area contributed by atoms with Gasteiger partial charge in [-0.2, -0.15) is 5.26 Å². The van der Waals surface area contributed by atoms with Gasteiger partial charge in [-0.15, -0.1) is 0 Å². The molecule has 2 rings (SSSR count). The number of aromatic amines is 1. The van der Waals surface area contributed by atoms with Crippen molar-refractivity contribution in [3.05, 3.63) is 23.5 Å². The first kappa shape index (κ1) is 21.7. The molecule has 10 nitrogen and oxygen atoms in total. The Kier molecular flexibility index (Phi) is 7.04. The van der Waals surface area contributed by atoms with Crippen molar-refractivity contribution in [3.8, 4) is 6.07 Å². The minimum absolute atomic E-state index is 0.144. The Bertz CT molecular complexity index is 795. The first-order valence-corrected chi connectivity index (χ1v) is 9.06. The molecule has 1 aromatic heterocycles. The number of aliphatic hydroxyl groups excluding tert-OH is 3. The fourth-order valence-corrected chi connectivity index (χ4v) is 3.18. The summed E-state index contributed by atoms with van der Waals surface area (Å²) < 4.78 is 5.46. The number of ether oxygens (including phenoxy) is 1. The molecule has 10 heteroatoms. The van der Waals surface area contributed by atoms with E-state index in [9.17, 15) is 25.4 Å². The number of rotatable bonds is 6. The third-order valence-electron chi connectivity index (χ3n) is 4.92. The number of nitriles is 1. The quantitative estimate of drug-likeness (QED) is 0.231. The number of hydrogen-bond acceptors (Lipinski definition) is 6. The molecule has 1 fully saturated rings. The predicted octanol–water partition coefficient (Wildman–Crippen LogP) is -2.38. The molecule has 2 heterocycles. The van der Waals surface area contributed by atoms with E-state index >= 15 is 0 Å². The van der Waals surface area contributed by atoms with Crippen LogP contribution in [0.1, 0.15) is 38.1 Å². The van der Waals surface area contributed by atoms with Gasteiger partial charge in [-0.1, -0.05) is 18.8 Å². The number of H-pyrrole nitrogens is 1. The molecular weight excluding hydrogens is 366 g/mol. The SMILES string of the molecule is CCC(CC)C(=O)N=C([NH+]=CN)c1ccc([C@]2(C#N)O[C@H](CO)[C@@H](O)[C@H]2O)[nH]1. The molecular formula is C18H26N5O5+. The second-order valence-corrected chi connectivity index (χ2v) is 6.53. The summed E-state index contributed by atoms with van der Waals surface area (Å²) in [6.45, 7) is 3.24. The maximum absolute atomic E-state index is 12.3. The molecule has 7 N–H and O–H groups in total. The third kappa shape index (κ3) is 3.83. The average Bonchev–Trinajstić information content (AvgIpc) is 3.27. The standard InChI is InChI=1S/C18H25N5O5/c1-3-10(4-2)17(27)23-16(21-9-20)11-5-6-13(22-11)18(8-19)15(26)14(25)12(7-24)28-18/h5-6,9-10,12,14-15,22,24-26H,3-4,7H2,1-2H3,(H2,20,21,23,27)/p+1/t12-,14-,15-,18+/m1/s1. The summed E-state index contributed by atoms with van der Waals surface area (Å²) in [5, 5.41) is 39.3. The Hall–Kier alpha value is -2.58. The van der Waals surface area contributed by atoms with E-state index in [2.05, 4.69) is 15.0 Å². The number of hydrogen-bond donors (Lipinski definition) is 6. The van der Waals surface area contributed by atoms with Crippen LogP contribution in [0.3, 0.4) is 0 Å². The fraction of sp³-hybridized carbons (Fsp3) is 0.556. The van der Waals surface area contributed by atoms with E-state index in [-0.39, 0.29) is 23.4 Å². The summed E-state index contributed by atoms with van der Waals surface area (Å²) in [4.78, 5) is 22.0. The minimum atomic E-state index is -1.90. The number of amidine groups is 1. The molecule has 0 radical (unpaired) electrons. The van der Waals surface area contributed by atoms with Crippen LogP contribution in [-0.4, -0.2) is 63.3 Å². The highest BCUT2D eigenvalue weighted by molar-refractivity contribution is 5.99. The smallest absolute Gasteiger partial charge is 0.319 e. The average molecular weight is 392 g/mol. The van der Waals surface area contributed by atoms with Crippen LogP contribution in [0.4, 0.5) is 0 Å². The lowest BCUT2D eigenvalue weighted by molar-refractivity contribution is -0.309. The van der Waals surface area contributed by atoms with E-state index in [1.54, 1.807) is 6.07 Å². The number of nitrogens with one attached hydrogen (secondary N) is 2. The van der Waals surface area contributed by atoms with Crippen LogP contribution in [0, 0.1) is 17.2 Å². The van der Waals surface area contributed by atoms with Crippen LogP contribution < -0.4 is 10.7 Å². The summed E-state index contributed by atoms with van der Waals surface area (Å²) in [5.74, 6) is -0.395. The van der Waals surface area contributed by atoms with Gasteiger partial charge in [-0.3, -0.25) is 4.79 Å². The fourth-order valence-electron chi connectivity index (χ4n) is 3.18. The van der Waals surface area contributed by atoms with Gasteiger partial charge >= 0.3 is 5.91 Å². The summed E-state index contributed by atoms with van der Waals surface area (Å²) in [5.41, 5.74) is 4.00. The molecule has 28 heavy (non-hydrogen) atoms. The molecule has 0 aromatic carbocycles. The Labute approximate surface area is 162 Å². The Morgan fingerprint density at radius 1 is 1.50 bits per heavy atom. The van der Waals surface area contributed by atoms with Crippen LogP contribution in [0.5, 0.6) is 0 Å². The second-order valence-electron chi connectivity index (χ2n) is 6.53. The van der Waals surface area contributed by atoms with Gasteiger partial charge in [0.25, 0.3) is 5.84 Å². The number of nitrogens with zero attached hydrogens (tertiary/aromatic N) is 2. The molecule has 0 aliphatic carbocycles. The van der Waals surface area contributed by atoms with E-state index in [1.807, 2.05) is 19.9 Å². The highest BCUT2D eigenvalue weighted by Gasteiger charge is 2.56. The molecule has 0 saturated carbocycles. The van der Waals surface area contributed by atoms with Crippen LogP contribution in [0.2, 0.25) is 0 Å². The first-order chi connectivity index (χ1) is 13.4. The van der Waals surface area contributed by atoms with Gasteiger partial charge in [-0.25, -0.2) is 4.99 Å². The lowest BCUT2D eigenvalue weighted by Crippen LogP contribution is -2.76. The normalized spacial score (nSPS) is 28.2. The molecule has 1 amide bonds. The topological polar surface area (TPSA) is 179 Å². The second kappa shape index (κ2) is 9.07. The molecule has 4 atom stereocenters. The van der Waals surface area contributed by atoms with Gasteiger partial charge in [0.2, 0.25) is 5.60 Å². The zero-order valence-electron chi connectivity index (χ0n) is 15.8. The van der Waals surface area contributed by atoms with Gasteiger partial charge in [0.15, 0.2) is 6.34 Å². The van der Waals surface area contributed by atoms with Crippen molar-refractivity contribution in [2.45, 2.75) is 50.6 Å². The number of carbonyl (C=O) groups excluding carboxylic acids is 1. The largest absolute Gasteiger partial charge is 0.394 e. The Morgan fingerprint density at radius 2 is 2.18 bits per heavy atom. The summed E-state index contributed by atoms with van der Waals surface area (Å²) in [6.07, 6.45) is -1.72. The van der Waals surface area contributed by atoms with Gasteiger partial charge in [0.05, 0.1) is 18.2 Å². The lowest BCUT2D eigenvalue weighted by Gasteiger charge is -2.23. The monoisotopic (exact) mass is 392 g/mol. The number of carbonyl (C=O) groups is 1. The zero-order chi connectivity index (χ0) is 20.9. The molecule has 1 aromatic rings. The first-order valence-electron chi connectivity index (χ1n) is 9.06. The van der Waals surface area contributed by atoms with Gasteiger partial charge in [0, 0.05) is 0 Å². The molecule has 1 aliphatic rings. The van der Waals surface area contributed by atoms with Crippen LogP contribution in [0.25, 0.3) is 0 Å². The maximum Gasteiger partial charge on any atom is 0.319 e. The highest BCUT2D eigenvalue weighted by Crippen LogP contribution is 2.39. The van der Waals surface area contributed by atoms with Crippen molar-refractivity contribution in [2.24, 2.45) is 16.6 Å². The number of aromatic nitrogens is 1.